The van der Waals surface area contributed by atoms with Crippen LogP contribution in [-0.4, -0.2) is 15.0 Å². The van der Waals surface area contributed by atoms with Crippen LogP contribution in [0.5, 0.6) is 0 Å². The second kappa shape index (κ2) is 4.30. The minimum atomic E-state index is -4.75. The predicted molar refractivity (Wildman–Crippen MR) is 47.7 cm³/mol. The second-order valence-corrected chi connectivity index (χ2v) is 4.79. The molecule has 90 valence electrons. The molecule has 1 rings (SSSR count). The van der Waals surface area contributed by atoms with E-state index < -0.39 is 38.4 Å². The van der Waals surface area contributed by atoms with Crippen molar-refractivity contribution in [2.75, 3.05) is 0 Å². The SMILES string of the molecule is C[Se]c1cc(C(F)(F)F)cc(C(F)(F)F)c1. The zero-order valence-electron chi connectivity index (χ0n) is 7.91. The van der Waals surface area contributed by atoms with Crippen molar-refractivity contribution in [3.05, 3.63) is 29.3 Å². The molecular weight excluding hydrogens is 301 g/mol. The molecule has 0 atom stereocenters. The molecule has 0 aliphatic heterocycles. The van der Waals surface area contributed by atoms with Gasteiger partial charge in [-0.15, -0.1) is 0 Å². The first-order valence-electron chi connectivity index (χ1n) is 3.98. The Morgan fingerprint density at radius 3 is 1.44 bits per heavy atom. The number of hydrogen-bond donors (Lipinski definition) is 0. The number of hydrogen-bond acceptors (Lipinski definition) is 0. The van der Waals surface area contributed by atoms with E-state index in [0.29, 0.717) is 0 Å². The van der Waals surface area contributed by atoms with E-state index in [9.17, 15) is 26.3 Å². The molecule has 0 unspecified atom stereocenters. The van der Waals surface area contributed by atoms with Crippen molar-refractivity contribution >= 4 is 19.4 Å². The van der Waals surface area contributed by atoms with Crippen molar-refractivity contribution in [3.8, 4) is 0 Å². The molecule has 1 aromatic rings. The van der Waals surface area contributed by atoms with E-state index >= 15 is 0 Å². The predicted octanol–water partition coefficient (Wildman–Crippen LogP) is 3.10. The molecule has 0 saturated heterocycles. The maximum absolute atomic E-state index is 12.3. The third kappa shape index (κ3) is 3.15. The summed E-state index contributed by atoms with van der Waals surface area (Å²) in [6.45, 7) is 0. The van der Waals surface area contributed by atoms with Gasteiger partial charge in [0.25, 0.3) is 0 Å². The normalized spacial score (nSPS) is 12.9. The first-order valence-corrected chi connectivity index (χ1v) is 6.55. The molecule has 0 N–H and O–H groups in total. The fourth-order valence-corrected chi connectivity index (χ4v) is 2.07. The van der Waals surface area contributed by atoms with Gasteiger partial charge in [0.2, 0.25) is 0 Å². The Labute approximate surface area is 93.8 Å². The molecule has 16 heavy (non-hydrogen) atoms. The Morgan fingerprint density at radius 1 is 0.812 bits per heavy atom. The topological polar surface area (TPSA) is 0 Å². The van der Waals surface area contributed by atoms with Crippen LogP contribution in [-0.2, 0) is 12.4 Å². The number of halogens is 6. The van der Waals surface area contributed by atoms with Crippen LogP contribution < -0.4 is 4.46 Å². The molecular formula is C9H6F6Se. The van der Waals surface area contributed by atoms with E-state index in [1.807, 2.05) is 0 Å². The second-order valence-electron chi connectivity index (χ2n) is 2.95. The summed E-state index contributed by atoms with van der Waals surface area (Å²) in [5, 5.41) is 0. The van der Waals surface area contributed by atoms with Crippen LogP contribution in [0.1, 0.15) is 11.1 Å². The van der Waals surface area contributed by atoms with Gasteiger partial charge in [-0.2, -0.15) is 0 Å². The molecule has 0 amide bonds. The zero-order valence-corrected chi connectivity index (χ0v) is 9.62. The van der Waals surface area contributed by atoms with E-state index in [-0.39, 0.29) is 10.5 Å². The van der Waals surface area contributed by atoms with Crippen molar-refractivity contribution in [1.29, 1.82) is 0 Å². The Morgan fingerprint density at radius 2 is 1.19 bits per heavy atom. The van der Waals surface area contributed by atoms with Gasteiger partial charge in [-0.1, -0.05) is 0 Å². The van der Waals surface area contributed by atoms with Gasteiger partial charge >= 0.3 is 93.3 Å². The summed E-state index contributed by atoms with van der Waals surface area (Å²) in [5.74, 6) is 1.56. The van der Waals surface area contributed by atoms with Crippen molar-refractivity contribution in [1.82, 2.24) is 0 Å². The summed E-state index contributed by atoms with van der Waals surface area (Å²) in [6.07, 6.45) is -9.50. The van der Waals surface area contributed by atoms with Crippen molar-refractivity contribution in [3.63, 3.8) is 0 Å². The molecule has 0 spiro atoms. The minimum absolute atomic E-state index is 0.0784. The molecule has 1 aromatic carbocycles. The van der Waals surface area contributed by atoms with E-state index in [4.69, 9.17) is 0 Å². The Balaban J connectivity index is 3.33. The van der Waals surface area contributed by atoms with E-state index in [1.165, 1.54) is 0 Å². The van der Waals surface area contributed by atoms with Crippen LogP contribution >= 0.6 is 0 Å². The average Bonchev–Trinajstić information content (AvgIpc) is 2.14. The van der Waals surface area contributed by atoms with Crippen LogP contribution in [0.3, 0.4) is 0 Å². The van der Waals surface area contributed by atoms with Crippen LogP contribution in [0.15, 0.2) is 18.2 Å². The van der Waals surface area contributed by atoms with Gasteiger partial charge in [0.05, 0.1) is 0 Å². The van der Waals surface area contributed by atoms with Gasteiger partial charge < -0.3 is 0 Å². The molecule has 0 aliphatic carbocycles. The van der Waals surface area contributed by atoms with Gasteiger partial charge in [-0.05, 0) is 0 Å². The van der Waals surface area contributed by atoms with Crippen LogP contribution in [0.25, 0.3) is 0 Å². The first kappa shape index (κ1) is 13.4. The molecule has 0 fully saturated rings. The molecule has 0 radical (unpaired) electrons. The summed E-state index contributed by atoms with van der Waals surface area (Å²) in [7, 11) is 0. The third-order valence-electron chi connectivity index (χ3n) is 1.80. The molecule has 0 aromatic heterocycles. The number of alkyl halides is 6. The number of rotatable bonds is 1. The summed E-state index contributed by atoms with van der Waals surface area (Å²) >= 11 is -0.415. The Hall–Kier alpha value is -0.681. The van der Waals surface area contributed by atoms with Gasteiger partial charge in [-0.25, -0.2) is 0 Å². The molecule has 0 heterocycles. The summed E-state index contributed by atoms with van der Waals surface area (Å²) in [5.41, 5.74) is -2.50. The molecule has 0 nitrogen and oxygen atoms in total. The van der Waals surface area contributed by atoms with Crippen LogP contribution in [0.2, 0.25) is 5.82 Å². The quantitative estimate of drug-likeness (QED) is 0.552. The van der Waals surface area contributed by atoms with Crippen molar-refractivity contribution < 1.29 is 26.3 Å². The van der Waals surface area contributed by atoms with Gasteiger partial charge in [0.1, 0.15) is 0 Å². The van der Waals surface area contributed by atoms with E-state index in [2.05, 4.69) is 0 Å². The Kier molecular flexibility index (Phi) is 3.59. The Bertz CT molecular complexity index is 346. The summed E-state index contributed by atoms with van der Waals surface area (Å²) < 4.78 is 74.0. The van der Waals surface area contributed by atoms with Crippen molar-refractivity contribution in [2.45, 2.75) is 18.2 Å². The fraction of sp³-hybridized carbons (Fsp3) is 0.333. The van der Waals surface area contributed by atoms with Gasteiger partial charge in [0.15, 0.2) is 0 Å². The maximum atomic E-state index is 12.3. The fourth-order valence-electron chi connectivity index (χ4n) is 1.04. The standard InChI is InChI=1S/C9H6F6Se/c1-16-7-3-5(8(10,11)12)2-6(4-7)9(13,14)15/h2-4H,1H3. The number of benzene rings is 1. The van der Waals surface area contributed by atoms with Crippen molar-refractivity contribution in [2.24, 2.45) is 0 Å². The third-order valence-corrected chi connectivity index (χ3v) is 3.28. The van der Waals surface area contributed by atoms with E-state index in [1.54, 1.807) is 5.82 Å². The van der Waals surface area contributed by atoms with Crippen LogP contribution in [0.4, 0.5) is 26.3 Å². The monoisotopic (exact) mass is 308 g/mol. The molecule has 0 bridgehead atoms. The summed E-state index contributed by atoms with van der Waals surface area (Å²) in [6, 6.07) is 1.65. The zero-order chi connectivity index (χ0) is 12.6. The van der Waals surface area contributed by atoms with Gasteiger partial charge in [-0.3, -0.25) is 0 Å². The summed E-state index contributed by atoms with van der Waals surface area (Å²) in [4.78, 5) is 0. The average molecular weight is 307 g/mol. The van der Waals surface area contributed by atoms with Crippen LogP contribution in [0, 0.1) is 0 Å². The first-order chi connectivity index (χ1) is 7.14. The van der Waals surface area contributed by atoms with E-state index in [0.717, 1.165) is 12.1 Å². The van der Waals surface area contributed by atoms with Gasteiger partial charge in [0, 0.05) is 0 Å². The molecule has 0 saturated carbocycles. The molecule has 7 heteroatoms. The molecule has 0 aliphatic rings.